The summed E-state index contributed by atoms with van der Waals surface area (Å²) in [6.07, 6.45) is 2.36. The van der Waals surface area contributed by atoms with Crippen molar-refractivity contribution in [3.63, 3.8) is 0 Å². The van der Waals surface area contributed by atoms with Gasteiger partial charge in [-0.2, -0.15) is 0 Å². The summed E-state index contributed by atoms with van der Waals surface area (Å²) in [5.74, 6) is 1.86. The van der Waals surface area contributed by atoms with Gasteiger partial charge in [0.15, 0.2) is 5.96 Å². The average molecular weight is 396 g/mol. The zero-order valence-corrected chi connectivity index (χ0v) is 16.1. The van der Waals surface area contributed by atoms with Crippen LogP contribution in [0.15, 0.2) is 27.7 Å². The fourth-order valence-corrected chi connectivity index (χ4v) is 3.95. The van der Waals surface area contributed by atoms with Crippen molar-refractivity contribution in [1.29, 1.82) is 0 Å². The molecule has 5 nitrogen and oxygen atoms in total. The molecule has 132 valence electrons. The molecule has 1 aromatic rings. The highest BCUT2D eigenvalue weighted by Gasteiger charge is 2.42. The van der Waals surface area contributed by atoms with Crippen molar-refractivity contribution in [2.75, 3.05) is 40.0 Å². The first-order valence-corrected chi connectivity index (χ1v) is 9.38. The Labute approximate surface area is 152 Å². The SMILES string of the molecule is CCNC(=NCc1cc(Br)ccc1OC)N1CCC2(CCOC2)C1. The van der Waals surface area contributed by atoms with E-state index in [1.807, 2.05) is 12.1 Å². The molecule has 0 saturated carbocycles. The fourth-order valence-electron chi connectivity index (χ4n) is 3.54. The molecule has 1 atom stereocenters. The van der Waals surface area contributed by atoms with Crippen molar-refractivity contribution in [2.24, 2.45) is 10.4 Å². The Bertz CT molecular complexity index is 600. The second-order valence-corrected chi connectivity index (χ2v) is 7.52. The van der Waals surface area contributed by atoms with Crippen molar-refractivity contribution >= 4 is 21.9 Å². The highest BCUT2D eigenvalue weighted by Crippen LogP contribution is 2.38. The number of methoxy groups -OCH3 is 1. The minimum absolute atomic E-state index is 0.337. The molecule has 0 amide bonds. The quantitative estimate of drug-likeness (QED) is 0.628. The Kier molecular flexibility index (Phi) is 5.66. The van der Waals surface area contributed by atoms with E-state index in [-0.39, 0.29) is 0 Å². The zero-order chi connectivity index (χ0) is 17.0. The first-order chi connectivity index (χ1) is 11.7. The van der Waals surface area contributed by atoms with E-state index < -0.39 is 0 Å². The lowest BCUT2D eigenvalue weighted by Gasteiger charge is -2.25. The van der Waals surface area contributed by atoms with Crippen molar-refractivity contribution in [2.45, 2.75) is 26.3 Å². The van der Waals surface area contributed by atoms with Gasteiger partial charge < -0.3 is 19.7 Å². The molecule has 0 radical (unpaired) electrons. The molecule has 0 aromatic heterocycles. The molecule has 3 rings (SSSR count). The van der Waals surface area contributed by atoms with Crippen molar-refractivity contribution in [1.82, 2.24) is 10.2 Å². The Morgan fingerprint density at radius 2 is 2.33 bits per heavy atom. The number of aliphatic imine (C=N–C) groups is 1. The molecule has 0 bridgehead atoms. The van der Waals surface area contributed by atoms with E-state index in [0.717, 1.165) is 54.6 Å². The van der Waals surface area contributed by atoms with Gasteiger partial charge >= 0.3 is 0 Å². The number of guanidine groups is 1. The molecule has 24 heavy (non-hydrogen) atoms. The van der Waals surface area contributed by atoms with Crippen molar-refractivity contribution < 1.29 is 9.47 Å². The van der Waals surface area contributed by atoms with Crippen LogP contribution >= 0.6 is 15.9 Å². The number of nitrogens with one attached hydrogen (secondary N) is 1. The van der Waals surface area contributed by atoms with E-state index >= 15 is 0 Å². The lowest BCUT2D eigenvalue weighted by Crippen LogP contribution is -2.41. The highest BCUT2D eigenvalue weighted by molar-refractivity contribution is 9.10. The van der Waals surface area contributed by atoms with E-state index in [1.54, 1.807) is 7.11 Å². The van der Waals surface area contributed by atoms with Crippen LogP contribution in [-0.2, 0) is 11.3 Å². The maximum atomic E-state index is 5.63. The van der Waals surface area contributed by atoms with Crippen LogP contribution in [0.1, 0.15) is 25.3 Å². The summed E-state index contributed by atoms with van der Waals surface area (Å²) in [6, 6.07) is 6.03. The van der Waals surface area contributed by atoms with E-state index in [9.17, 15) is 0 Å². The van der Waals surface area contributed by atoms with Crippen LogP contribution in [0.4, 0.5) is 0 Å². The molecule has 1 unspecified atom stereocenters. The van der Waals surface area contributed by atoms with Crippen LogP contribution in [0.5, 0.6) is 5.75 Å². The maximum Gasteiger partial charge on any atom is 0.194 e. The van der Waals surface area contributed by atoms with Crippen LogP contribution in [0.3, 0.4) is 0 Å². The lowest BCUT2D eigenvalue weighted by atomic mass is 9.87. The maximum absolute atomic E-state index is 5.63. The van der Waals surface area contributed by atoms with Gasteiger partial charge in [-0.1, -0.05) is 15.9 Å². The smallest absolute Gasteiger partial charge is 0.194 e. The van der Waals surface area contributed by atoms with E-state index in [2.05, 4.69) is 39.1 Å². The van der Waals surface area contributed by atoms with Gasteiger partial charge in [0.1, 0.15) is 5.75 Å². The van der Waals surface area contributed by atoms with E-state index in [0.29, 0.717) is 12.0 Å². The number of halogens is 1. The van der Waals surface area contributed by atoms with Gasteiger partial charge in [-0.15, -0.1) is 0 Å². The van der Waals surface area contributed by atoms with Gasteiger partial charge in [0.25, 0.3) is 0 Å². The van der Waals surface area contributed by atoms with Crippen molar-refractivity contribution in [3.8, 4) is 5.75 Å². The number of hydrogen-bond donors (Lipinski definition) is 1. The molecule has 6 heteroatoms. The van der Waals surface area contributed by atoms with Gasteiger partial charge in [0, 0.05) is 41.7 Å². The number of ether oxygens (including phenoxy) is 2. The van der Waals surface area contributed by atoms with Crippen LogP contribution in [0.2, 0.25) is 0 Å². The van der Waals surface area contributed by atoms with Crippen LogP contribution in [0.25, 0.3) is 0 Å². The molecule has 2 aliphatic heterocycles. The molecule has 2 fully saturated rings. The Hall–Kier alpha value is -1.27. The molecule has 2 aliphatic rings. The third-order valence-electron chi connectivity index (χ3n) is 4.90. The molecule has 1 aromatic carbocycles. The summed E-state index contributed by atoms with van der Waals surface area (Å²) in [5, 5.41) is 3.44. The van der Waals surface area contributed by atoms with Crippen molar-refractivity contribution in [3.05, 3.63) is 28.2 Å². The molecule has 0 aliphatic carbocycles. The van der Waals surface area contributed by atoms with Gasteiger partial charge in [0.05, 0.1) is 20.3 Å². The average Bonchev–Trinajstić information content (AvgIpc) is 3.22. The Balaban J connectivity index is 1.74. The largest absolute Gasteiger partial charge is 0.496 e. The van der Waals surface area contributed by atoms with Crippen LogP contribution < -0.4 is 10.1 Å². The number of hydrogen-bond acceptors (Lipinski definition) is 3. The number of nitrogens with zero attached hydrogens (tertiary/aromatic N) is 2. The second kappa shape index (κ2) is 7.74. The van der Waals surface area contributed by atoms with Gasteiger partial charge in [-0.3, -0.25) is 0 Å². The molecule has 1 spiro atoms. The highest BCUT2D eigenvalue weighted by atomic mass is 79.9. The summed E-state index contributed by atoms with van der Waals surface area (Å²) >= 11 is 3.53. The summed E-state index contributed by atoms with van der Waals surface area (Å²) in [7, 11) is 1.70. The number of likely N-dealkylation sites (tertiary alicyclic amines) is 1. The Morgan fingerprint density at radius 3 is 3.04 bits per heavy atom. The first kappa shape index (κ1) is 17.5. The third kappa shape index (κ3) is 3.86. The Morgan fingerprint density at radius 1 is 1.46 bits per heavy atom. The van der Waals surface area contributed by atoms with Crippen LogP contribution in [-0.4, -0.2) is 50.8 Å². The van der Waals surface area contributed by atoms with Crippen LogP contribution in [0, 0.1) is 5.41 Å². The standard InChI is InChI=1S/C18H26BrN3O2/c1-3-20-17(22-8-6-18(12-22)7-9-24-13-18)21-11-14-10-15(19)4-5-16(14)23-2/h4-5,10H,3,6-9,11-13H2,1-2H3,(H,20,21). The topological polar surface area (TPSA) is 46.1 Å². The molecular formula is C18H26BrN3O2. The number of benzene rings is 1. The predicted octanol–water partition coefficient (Wildman–Crippen LogP) is 3.04. The monoisotopic (exact) mass is 395 g/mol. The zero-order valence-electron chi connectivity index (χ0n) is 14.5. The van der Waals surface area contributed by atoms with Gasteiger partial charge in [0.2, 0.25) is 0 Å². The predicted molar refractivity (Wildman–Crippen MR) is 99.6 cm³/mol. The molecular weight excluding hydrogens is 370 g/mol. The third-order valence-corrected chi connectivity index (χ3v) is 5.39. The number of rotatable bonds is 4. The van der Waals surface area contributed by atoms with Gasteiger partial charge in [-0.05, 0) is 38.0 Å². The van der Waals surface area contributed by atoms with Gasteiger partial charge in [-0.25, -0.2) is 4.99 Å². The fraction of sp³-hybridized carbons (Fsp3) is 0.611. The summed E-state index contributed by atoms with van der Waals surface area (Å²) in [6.45, 7) is 7.46. The van der Waals surface area contributed by atoms with E-state index in [1.165, 1.54) is 12.8 Å². The molecule has 2 saturated heterocycles. The molecule has 1 N–H and O–H groups in total. The lowest BCUT2D eigenvalue weighted by molar-refractivity contribution is 0.156. The summed E-state index contributed by atoms with van der Waals surface area (Å²) in [4.78, 5) is 7.24. The normalized spacial score (nSPS) is 24.0. The minimum atomic E-state index is 0.337. The summed E-state index contributed by atoms with van der Waals surface area (Å²) < 4.78 is 12.1. The van der Waals surface area contributed by atoms with E-state index in [4.69, 9.17) is 14.5 Å². The second-order valence-electron chi connectivity index (χ2n) is 6.60. The molecule has 2 heterocycles. The summed E-state index contributed by atoms with van der Waals surface area (Å²) in [5.41, 5.74) is 1.42. The minimum Gasteiger partial charge on any atom is -0.496 e. The first-order valence-electron chi connectivity index (χ1n) is 8.59.